The van der Waals surface area contributed by atoms with Gasteiger partial charge in [0.15, 0.2) is 11.6 Å². The van der Waals surface area contributed by atoms with E-state index in [1.807, 2.05) is 18.2 Å². The summed E-state index contributed by atoms with van der Waals surface area (Å²) in [6, 6.07) is 12.2. The minimum Gasteiger partial charge on any atom is -0.453 e. The molecule has 0 saturated carbocycles. The molecular formula is C13H11FINO. The molecule has 0 aliphatic rings. The Bertz CT molecular complexity index is 531. The predicted molar refractivity (Wildman–Crippen MR) is 73.5 cm³/mol. The Hall–Kier alpha value is -1.14. The number of halogens is 2. The van der Waals surface area contributed by atoms with Crippen LogP contribution in [0.2, 0.25) is 0 Å². The van der Waals surface area contributed by atoms with Crippen LogP contribution in [-0.2, 0) is 6.54 Å². The highest BCUT2D eigenvalue weighted by molar-refractivity contribution is 14.1. The molecule has 4 heteroatoms. The van der Waals surface area contributed by atoms with Crippen molar-refractivity contribution in [3.63, 3.8) is 0 Å². The second-order valence-corrected chi connectivity index (χ2v) is 4.63. The van der Waals surface area contributed by atoms with Crippen molar-refractivity contribution in [1.29, 1.82) is 0 Å². The summed E-state index contributed by atoms with van der Waals surface area (Å²) in [6.45, 7) is 0.247. The molecule has 2 rings (SSSR count). The fourth-order valence-electron chi connectivity index (χ4n) is 1.47. The van der Waals surface area contributed by atoms with Gasteiger partial charge in [0, 0.05) is 12.1 Å². The largest absolute Gasteiger partial charge is 0.453 e. The maximum atomic E-state index is 13.7. The highest BCUT2D eigenvalue weighted by Gasteiger charge is 2.11. The Kier molecular flexibility index (Phi) is 3.96. The van der Waals surface area contributed by atoms with Crippen LogP contribution in [0.1, 0.15) is 5.56 Å². The lowest BCUT2D eigenvalue weighted by Crippen LogP contribution is -2.01. The second-order valence-electron chi connectivity index (χ2n) is 3.46. The molecule has 0 aliphatic carbocycles. The molecule has 0 bridgehead atoms. The third-order valence-corrected chi connectivity index (χ3v) is 3.21. The molecule has 2 N–H and O–H groups in total. The fraction of sp³-hybridized carbons (Fsp3) is 0.0769. The van der Waals surface area contributed by atoms with E-state index in [9.17, 15) is 4.39 Å². The van der Waals surface area contributed by atoms with Crippen molar-refractivity contribution in [2.45, 2.75) is 6.54 Å². The van der Waals surface area contributed by atoms with Crippen LogP contribution in [0.15, 0.2) is 42.5 Å². The van der Waals surface area contributed by atoms with E-state index in [2.05, 4.69) is 22.6 Å². The Balaban J connectivity index is 2.39. The Morgan fingerprint density at radius 3 is 2.59 bits per heavy atom. The molecule has 0 atom stereocenters. The molecule has 0 heterocycles. The predicted octanol–water partition coefficient (Wildman–Crippen LogP) is 3.68. The lowest BCUT2D eigenvalue weighted by molar-refractivity contribution is 0.434. The Labute approximate surface area is 113 Å². The molecular weight excluding hydrogens is 332 g/mol. The van der Waals surface area contributed by atoms with Crippen LogP contribution in [0, 0.1) is 9.39 Å². The van der Waals surface area contributed by atoms with Gasteiger partial charge >= 0.3 is 0 Å². The van der Waals surface area contributed by atoms with Gasteiger partial charge in [-0.3, -0.25) is 0 Å². The van der Waals surface area contributed by atoms with Gasteiger partial charge in [-0.15, -0.1) is 0 Å². The zero-order chi connectivity index (χ0) is 12.3. The molecule has 2 aromatic rings. The summed E-state index contributed by atoms with van der Waals surface area (Å²) in [7, 11) is 0. The molecule has 0 saturated heterocycles. The van der Waals surface area contributed by atoms with E-state index in [0.717, 1.165) is 3.57 Å². The first-order valence-corrected chi connectivity index (χ1v) is 6.20. The van der Waals surface area contributed by atoms with Crippen molar-refractivity contribution in [2.24, 2.45) is 5.73 Å². The SMILES string of the molecule is NCc1cccc(F)c1Oc1ccccc1I. The van der Waals surface area contributed by atoms with Gasteiger partial charge in [-0.1, -0.05) is 24.3 Å². The van der Waals surface area contributed by atoms with Crippen molar-refractivity contribution in [2.75, 3.05) is 0 Å². The average molecular weight is 343 g/mol. The van der Waals surface area contributed by atoms with Crippen LogP contribution in [0.3, 0.4) is 0 Å². The number of nitrogens with two attached hydrogens (primary N) is 1. The first-order chi connectivity index (χ1) is 8.22. The maximum Gasteiger partial charge on any atom is 0.167 e. The number of rotatable bonds is 3. The molecule has 2 aromatic carbocycles. The van der Waals surface area contributed by atoms with Gasteiger partial charge in [0.1, 0.15) is 5.75 Å². The quantitative estimate of drug-likeness (QED) is 0.863. The minimum absolute atomic E-state index is 0.208. The average Bonchev–Trinajstić information content (AvgIpc) is 2.34. The first kappa shape index (κ1) is 12.3. The first-order valence-electron chi connectivity index (χ1n) is 5.12. The van der Waals surface area contributed by atoms with Crippen LogP contribution in [0.4, 0.5) is 4.39 Å². The van der Waals surface area contributed by atoms with E-state index in [1.54, 1.807) is 18.2 Å². The highest BCUT2D eigenvalue weighted by Crippen LogP contribution is 2.30. The van der Waals surface area contributed by atoms with Gasteiger partial charge in [0.25, 0.3) is 0 Å². The second kappa shape index (κ2) is 5.46. The molecule has 0 amide bonds. The van der Waals surface area contributed by atoms with Crippen LogP contribution in [-0.4, -0.2) is 0 Å². The van der Waals surface area contributed by atoms with E-state index < -0.39 is 5.82 Å². The van der Waals surface area contributed by atoms with Crippen LogP contribution in [0.25, 0.3) is 0 Å². The third kappa shape index (κ3) is 2.76. The van der Waals surface area contributed by atoms with Gasteiger partial charge in [0.05, 0.1) is 3.57 Å². The number of para-hydroxylation sites is 2. The summed E-state index contributed by atoms with van der Waals surface area (Å²) in [5, 5.41) is 0. The summed E-state index contributed by atoms with van der Waals surface area (Å²) in [5.41, 5.74) is 6.22. The van der Waals surface area contributed by atoms with Gasteiger partial charge in [-0.25, -0.2) is 4.39 Å². The minimum atomic E-state index is -0.396. The maximum absolute atomic E-state index is 13.7. The number of benzene rings is 2. The van der Waals surface area contributed by atoms with Gasteiger partial charge in [0.2, 0.25) is 0 Å². The summed E-state index contributed by atoms with van der Waals surface area (Å²) in [6.07, 6.45) is 0. The number of hydrogen-bond donors (Lipinski definition) is 1. The molecule has 0 radical (unpaired) electrons. The van der Waals surface area contributed by atoms with Crippen LogP contribution < -0.4 is 10.5 Å². The molecule has 0 aromatic heterocycles. The van der Waals surface area contributed by atoms with Gasteiger partial charge < -0.3 is 10.5 Å². The van der Waals surface area contributed by atoms with E-state index in [0.29, 0.717) is 11.3 Å². The summed E-state index contributed by atoms with van der Waals surface area (Å²) < 4.78 is 20.2. The lowest BCUT2D eigenvalue weighted by atomic mass is 10.2. The molecule has 0 unspecified atom stereocenters. The summed E-state index contributed by atoms with van der Waals surface area (Å²) in [4.78, 5) is 0. The molecule has 0 fully saturated rings. The van der Waals surface area contributed by atoms with E-state index in [1.165, 1.54) is 6.07 Å². The zero-order valence-electron chi connectivity index (χ0n) is 8.99. The highest BCUT2D eigenvalue weighted by atomic mass is 127. The fourth-order valence-corrected chi connectivity index (χ4v) is 1.96. The summed E-state index contributed by atoms with van der Waals surface area (Å²) >= 11 is 2.14. The van der Waals surface area contributed by atoms with Crippen LogP contribution in [0.5, 0.6) is 11.5 Å². The van der Waals surface area contributed by atoms with Crippen molar-refractivity contribution in [3.05, 3.63) is 57.4 Å². The molecule has 0 spiro atoms. The zero-order valence-corrected chi connectivity index (χ0v) is 11.1. The lowest BCUT2D eigenvalue weighted by Gasteiger charge is -2.11. The molecule has 88 valence electrons. The standard InChI is InChI=1S/C13H11FINO/c14-10-5-3-4-9(8-16)13(10)17-12-7-2-1-6-11(12)15/h1-7H,8,16H2. The monoisotopic (exact) mass is 343 g/mol. The molecule has 2 nitrogen and oxygen atoms in total. The third-order valence-electron chi connectivity index (χ3n) is 2.32. The van der Waals surface area contributed by atoms with Gasteiger partial charge in [-0.05, 0) is 40.8 Å². The van der Waals surface area contributed by atoms with Crippen molar-refractivity contribution < 1.29 is 9.13 Å². The van der Waals surface area contributed by atoms with Crippen molar-refractivity contribution in [1.82, 2.24) is 0 Å². The number of hydrogen-bond acceptors (Lipinski definition) is 2. The normalized spacial score (nSPS) is 10.3. The van der Waals surface area contributed by atoms with Gasteiger partial charge in [-0.2, -0.15) is 0 Å². The Morgan fingerprint density at radius 2 is 1.88 bits per heavy atom. The van der Waals surface area contributed by atoms with Crippen molar-refractivity contribution in [3.8, 4) is 11.5 Å². The van der Waals surface area contributed by atoms with Crippen molar-refractivity contribution >= 4 is 22.6 Å². The van der Waals surface area contributed by atoms with E-state index in [-0.39, 0.29) is 12.3 Å². The molecule has 17 heavy (non-hydrogen) atoms. The van der Waals surface area contributed by atoms with Crippen LogP contribution >= 0.6 is 22.6 Å². The van der Waals surface area contributed by atoms with E-state index >= 15 is 0 Å². The van der Waals surface area contributed by atoms with E-state index in [4.69, 9.17) is 10.5 Å². The number of ether oxygens (including phenoxy) is 1. The topological polar surface area (TPSA) is 35.2 Å². The molecule has 0 aliphatic heterocycles. The smallest absolute Gasteiger partial charge is 0.167 e. The summed E-state index contributed by atoms with van der Waals surface area (Å²) in [5.74, 6) is 0.444. The Morgan fingerprint density at radius 1 is 1.12 bits per heavy atom.